The number of ether oxygens (including phenoxy) is 1. The Hall–Kier alpha value is -1.46. The second kappa shape index (κ2) is 7.88. The molecule has 0 spiro atoms. The van der Waals surface area contributed by atoms with E-state index in [1.807, 2.05) is 31.2 Å². The molecule has 1 atom stereocenters. The Morgan fingerprint density at radius 3 is 2.74 bits per heavy atom. The second-order valence-electron chi connectivity index (χ2n) is 5.56. The molecule has 0 fully saturated rings. The predicted molar refractivity (Wildman–Crippen MR) is 93.0 cm³/mol. The highest BCUT2D eigenvalue weighted by Crippen LogP contribution is 2.35. The third kappa shape index (κ3) is 4.75. The van der Waals surface area contributed by atoms with Crippen molar-refractivity contribution in [3.05, 3.63) is 40.8 Å². The molecule has 0 aliphatic carbocycles. The van der Waals surface area contributed by atoms with Gasteiger partial charge in [-0.1, -0.05) is 50.2 Å². The van der Waals surface area contributed by atoms with E-state index in [-0.39, 0.29) is 18.0 Å². The summed E-state index contributed by atoms with van der Waals surface area (Å²) in [6.45, 7) is 7.59. The van der Waals surface area contributed by atoms with Gasteiger partial charge in [0.25, 0.3) is 0 Å². The molecule has 1 N–H and O–H groups in total. The van der Waals surface area contributed by atoms with E-state index in [0.717, 1.165) is 15.6 Å². The Morgan fingerprint density at radius 1 is 1.43 bits per heavy atom. The van der Waals surface area contributed by atoms with Crippen LogP contribution >= 0.6 is 23.4 Å². The lowest BCUT2D eigenvalue weighted by atomic mass is 10.1. The number of aromatic nitrogens is 2. The molecule has 1 aromatic heterocycles. The molecule has 0 bridgehead atoms. The number of carbonyl (C=O) groups is 1. The minimum Gasteiger partial charge on any atom is -0.454 e. The first-order chi connectivity index (χ1) is 10.9. The van der Waals surface area contributed by atoms with Crippen LogP contribution in [-0.4, -0.2) is 15.9 Å². The van der Waals surface area contributed by atoms with Gasteiger partial charge in [0, 0.05) is 16.8 Å². The van der Waals surface area contributed by atoms with Crippen molar-refractivity contribution in [3.8, 4) is 0 Å². The third-order valence-electron chi connectivity index (χ3n) is 3.29. The Labute approximate surface area is 146 Å². The maximum atomic E-state index is 11.3. The predicted octanol–water partition coefficient (Wildman–Crippen LogP) is 5.35. The molecule has 1 aromatic carbocycles. The van der Waals surface area contributed by atoms with Gasteiger partial charge in [-0.05, 0) is 30.5 Å². The number of aromatic amines is 1. The van der Waals surface area contributed by atoms with Crippen LogP contribution in [0.3, 0.4) is 0 Å². The number of rotatable bonds is 6. The van der Waals surface area contributed by atoms with Gasteiger partial charge in [0.1, 0.15) is 10.9 Å². The van der Waals surface area contributed by atoms with Gasteiger partial charge in [0.2, 0.25) is 0 Å². The van der Waals surface area contributed by atoms with Gasteiger partial charge in [-0.2, -0.15) is 0 Å². The summed E-state index contributed by atoms with van der Waals surface area (Å²) in [6, 6.07) is 7.67. The highest BCUT2D eigenvalue weighted by atomic mass is 35.5. The van der Waals surface area contributed by atoms with Crippen LogP contribution in [0.15, 0.2) is 34.2 Å². The summed E-state index contributed by atoms with van der Waals surface area (Å²) in [5, 5.41) is 1.59. The van der Waals surface area contributed by atoms with Gasteiger partial charge in [-0.3, -0.25) is 4.79 Å². The molecule has 1 unspecified atom stereocenters. The largest absolute Gasteiger partial charge is 0.454 e. The summed E-state index contributed by atoms with van der Waals surface area (Å²) in [6.07, 6.45) is 0.324. The summed E-state index contributed by atoms with van der Waals surface area (Å²) >= 11 is 7.61. The van der Waals surface area contributed by atoms with Crippen molar-refractivity contribution >= 4 is 29.3 Å². The van der Waals surface area contributed by atoms with Crippen LogP contribution in [0.4, 0.5) is 0 Å². The highest BCUT2D eigenvalue weighted by molar-refractivity contribution is 7.99. The van der Waals surface area contributed by atoms with Gasteiger partial charge >= 0.3 is 5.97 Å². The molecule has 0 aliphatic rings. The first kappa shape index (κ1) is 17.9. The van der Waals surface area contributed by atoms with Crippen molar-refractivity contribution in [1.82, 2.24) is 9.97 Å². The minimum atomic E-state index is -0.348. The van der Waals surface area contributed by atoms with Gasteiger partial charge in [0.15, 0.2) is 6.10 Å². The van der Waals surface area contributed by atoms with Crippen molar-refractivity contribution in [2.75, 3.05) is 0 Å². The van der Waals surface area contributed by atoms with Crippen LogP contribution in [0.5, 0.6) is 0 Å². The van der Waals surface area contributed by atoms with E-state index in [2.05, 4.69) is 23.8 Å². The number of hydrogen-bond donors (Lipinski definition) is 1. The summed E-state index contributed by atoms with van der Waals surface area (Å²) in [5.74, 6) is 0.673. The van der Waals surface area contributed by atoms with Crippen molar-refractivity contribution in [3.63, 3.8) is 0 Å². The Balaban J connectivity index is 2.32. The first-order valence-electron chi connectivity index (χ1n) is 7.61. The van der Waals surface area contributed by atoms with E-state index >= 15 is 0 Å². The molecule has 23 heavy (non-hydrogen) atoms. The smallest absolute Gasteiger partial charge is 0.303 e. The average Bonchev–Trinajstić information content (AvgIpc) is 2.88. The Kier molecular flexibility index (Phi) is 6.13. The topological polar surface area (TPSA) is 55.0 Å². The zero-order valence-corrected chi connectivity index (χ0v) is 15.3. The van der Waals surface area contributed by atoms with E-state index in [1.165, 1.54) is 6.92 Å². The monoisotopic (exact) mass is 352 g/mol. The minimum absolute atomic E-state index is 0.285. The third-order valence-corrected chi connectivity index (χ3v) is 4.52. The summed E-state index contributed by atoms with van der Waals surface area (Å²) in [5.41, 5.74) is 1.04. The van der Waals surface area contributed by atoms with E-state index in [9.17, 15) is 4.79 Å². The molecule has 0 aliphatic heterocycles. The lowest BCUT2D eigenvalue weighted by molar-refractivity contribution is -0.147. The molecule has 0 radical (unpaired) electrons. The molecule has 0 saturated heterocycles. The summed E-state index contributed by atoms with van der Waals surface area (Å²) in [4.78, 5) is 20.3. The van der Waals surface area contributed by atoms with Crippen LogP contribution in [0.1, 0.15) is 57.7 Å². The number of hydrogen-bond acceptors (Lipinski definition) is 4. The molecule has 0 amide bonds. The molecule has 124 valence electrons. The second-order valence-corrected chi connectivity index (χ2v) is 7.06. The number of esters is 1. The maximum Gasteiger partial charge on any atom is 0.303 e. The van der Waals surface area contributed by atoms with Gasteiger partial charge in [-0.15, -0.1) is 0 Å². The fourth-order valence-electron chi connectivity index (χ4n) is 2.19. The molecule has 2 aromatic rings. The number of carbonyl (C=O) groups excluding carboxylic acids is 1. The van der Waals surface area contributed by atoms with Crippen molar-refractivity contribution in [2.45, 2.75) is 56.1 Å². The Morgan fingerprint density at radius 2 is 2.17 bits per heavy atom. The maximum absolute atomic E-state index is 11.3. The van der Waals surface area contributed by atoms with Crippen molar-refractivity contribution in [2.24, 2.45) is 0 Å². The molecule has 2 rings (SSSR count). The van der Waals surface area contributed by atoms with E-state index < -0.39 is 0 Å². The fourth-order valence-corrected chi connectivity index (χ4v) is 3.54. The van der Waals surface area contributed by atoms with E-state index in [0.29, 0.717) is 17.3 Å². The van der Waals surface area contributed by atoms with Crippen LogP contribution in [-0.2, 0) is 9.53 Å². The lowest BCUT2D eigenvalue weighted by Crippen LogP contribution is -2.09. The Bertz CT molecular complexity index is 685. The molecule has 1 heterocycles. The lowest BCUT2D eigenvalue weighted by Gasteiger charge is -2.12. The fraction of sp³-hybridized carbons (Fsp3) is 0.412. The standard InChI is InChI=1S/C17H21ClN2O2S/c1-5-14(22-11(4)21)16-19-15(10(2)3)17(20-16)23-13-8-6-7-12(18)9-13/h6-10,14H,5H2,1-4H3,(H,19,20). The first-order valence-corrected chi connectivity index (χ1v) is 8.80. The molecular weight excluding hydrogens is 332 g/mol. The van der Waals surface area contributed by atoms with Crippen molar-refractivity contribution in [1.29, 1.82) is 0 Å². The van der Waals surface area contributed by atoms with Gasteiger partial charge in [-0.25, -0.2) is 4.98 Å². The van der Waals surface area contributed by atoms with Crippen LogP contribution in [0.2, 0.25) is 5.02 Å². The molecule has 4 nitrogen and oxygen atoms in total. The van der Waals surface area contributed by atoms with E-state index in [1.54, 1.807) is 11.8 Å². The number of halogens is 1. The zero-order valence-electron chi connectivity index (χ0n) is 13.7. The average molecular weight is 353 g/mol. The molecule has 6 heteroatoms. The molecular formula is C17H21ClN2O2S. The SMILES string of the molecule is CCC(OC(C)=O)c1nc(Sc2cccc(Cl)c2)c(C(C)C)[nH]1. The number of nitrogens with zero attached hydrogens (tertiary/aromatic N) is 1. The normalized spacial score (nSPS) is 12.4. The van der Waals surface area contributed by atoms with E-state index in [4.69, 9.17) is 16.3 Å². The van der Waals surface area contributed by atoms with Crippen molar-refractivity contribution < 1.29 is 9.53 Å². The quantitative estimate of drug-likeness (QED) is 0.712. The van der Waals surface area contributed by atoms with Gasteiger partial charge in [0.05, 0.1) is 5.69 Å². The number of H-pyrrole nitrogens is 1. The van der Waals surface area contributed by atoms with Crippen LogP contribution in [0.25, 0.3) is 0 Å². The number of nitrogens with one attached hydrogen (secondary N) is 1. The highest BCUT2D eigenvalue weighted by Gasteiger charge is 2.21. The number of benzene rings is 1. The van der Waals surface area contributed by atoms with Gasteiger partial charge < -0.3 is 9.72 Å². The van der Waals surface area contributed by atoms with Crippen LogP contribution in [0, 0.1) is 0 Å². The molecule has 0 saturated carbocycles. The number of imidazole rings is 1. The zero-order chi connectivity index (χ0) is 17.0. The summed E-state index contributed by atoms with van der Waals surface area (Å²) in [7, 11) is 0. The summed E-state index contributed by atoms with van der Waals surface area (Å²) < 4.78 is 5.34. The van der Waals surface area contributed by atoms with Crippen LogP contribution < -0.4 is 0 Å².